The molecule has 0 N–H and O–H groups in total. The molecule has 1 rings (SSSR count). The number of hydrogen-bond donors (Lipinski definition) is 0. The molecule has 0 spiro atoms. The number of halogens is 1. The summed E-state index contributed by atoms with van der Waals surface area (Å²) in [5, 5.41) is 0. The fourth-order valence-electron chi connectivity index (χ4n) is 1.84. The van der Waals surface area contributed by atoms with Gasteiger partial charge in [0.25, 0.3) is 0 Å². The molecule has 1 atom stereocenters. The summed E-state index contributed by atoms with van der Waals surface area (Å²) in [5.41, 5.74) is 0. The lowest BCUT2D eigenvalue weighted by molar-refractivity contribution is -0.515. The molecule has 1 unspecified atom stereocenters. The summed E-state index contributed by atoms with van der Waals surface area (Å²) in [6.45, 7) is 7.09. The summed E-state index contributed by atoms with van der Waals surface area (Å²) in [6, 6.07) is 0. The van der Waals surface area contributed by atoms with Gasteiger partial charge in [0, 0.05) is 18.8 Å². The van der Waals surface area contributed by atoms with Gasteiger partial charge in [-0.1, -0.05) is 20.3 Å². The molecule has 0 aromatic heterocycles. The van der Waals surface area contributed by atoms with Crippen LogP contribution in [0.5, 0.6) is 0 Å². The van der Waals surface area contributed by atoms with Crippen LogP contribution in [0.4, 0.5) is 0 Å². The molecule has 0 aromatic carbocycles. The van der Waals surface area contributed by atoms with Gasteiger partial charge in [-0.15, -0.1) is 0 Å². The first kappa shape index (κ1) is 11.6. The standard InChI is InChI=1S/C10H20N.FH/c1-3-5-10-6-8-11(9-10)7-4-2;/h9-10H,3-8H2,1-2H3;1H/q+1;/p-1. The highest BCUT2D eigenvalue weighted by atomic mass is 19.0. The molecule has 0 saturated carbocycles. The molecule has 12 heavy (non-hydrogen) atoms. The molecule has 0 radical (unpaired) electrons. The van der Waals surface area contributed by atoms with Crippen LogP contribution in [-0.2, 0) is 0 Å². The van der Waals surface area contributed by atoms with Gasteiger partial charge in [0.1, 0.15) is 19.3 Å². The quantitative estimate of drug-likeness (QED) is 0.495. The molecule has 1 heterocycles. The van der Waals surface area contributed by atoms with Gasteiger partial charge in [-0.3, -0.25) is 0 Å². The zero-order valence-corrected chi connectivity index (χ0v) is 8.22. The highest BCUT2D eigenvalue weighted by molar-refractivity contribution is 5.56. The van der Waals surface area contributed by atoms with Crippen molar-refractivity contribution in [1.29, 1.82) is 0 Å². The summed E-state index contributed by atoms with van der Waals surface area (Å²) in [7, 11) is 0. The Kier molecular flexibility index (Phi) is 5.95. The molecule has 0 saturated heterocycles. The second-order valence-corrected chi connectivity index (χ2v) is 3.52. The van der Waals surface area contributed by atoms with E-state index in [-0.39, 0.29) is 4.70 Å². The molecule has 72 valence electrons. The van der Waals surface area contributed by atoms with E-state index in [1.54, 1.807) is 0 Å². The van der Waals surface area contributed by atoms with Crippen LogP contribution in [0.25, 0.3) is 0 Å². The largest absolute Gasteiger partial charge is 1.00 e. The Morgan fingerprint density at radius 2 is 2.08 bits per heavy atom. The molecule has 2 heteroatoms. The number of rotatable bonds is 4. The SMILES string of the molecule is CCCC1C=[N+](CCC)CC1.[F-]. The fraction of sp³-hybridized carbons (Fsp3) is 0.900. The highest BCUT2D eigenvalue weighted by Crippen LogP contribution is 2.13. The van der Waals surface area contributed by atoms with Gasteiger partial charge in [0.05, 0.1) is 0 Å². The van der Waals surface area contributed by atoms with E-state index in [2.05, 4.69) is 24.6 Å². The second-order valence-electron chi connectivity index (χ2n) is 3.52. The van der Waals surface area contributed by atoms with Gasteiger partial charge in [-0.05, 0) is 6.42 Å². The minimum absolute atomic E-state index is 0. The van der Waals surface area contributed by atoms with E-state index in [0.717, 1.165) is 5.92 Å². The normalized spacial score (nSPS) is 21.8. The van der Waals surface area contributed by atoms with E-state index in [1.165, 1.54) is 38.8 Å². The van der Waals surface area contributed by atoms with Crippen LogP contribution >= 0.6 is 0 Å². The zero-order valence-electron chi connectivity index (χ0n) is 8.22. The van der Waals surface area contributed by atoms with Crippen molar-refractivity contribution in [2.24, 2.45) is 5.92 Å². The fourth-order valence-corrected chi connectivity index (χ4v) is 1.84. The Morgan fingerprint density at radius 1 is 1.33 bits per heavy atom. The first-order valence-electron chi connectivity index (χ1n) is 4.95. The molecular weight excluding hydrogens is 153 g/mol. The van der Waals surface area contributed by atoms with Crippen LogP contribution in [0.1, 0.15) is 39.5 Å². The first-order valence-corrected chi connectivity index (χ1v) is 4.95. The average Bonchev–Trinajstić information content (AvgIpc) is 2.38. The van der Waals surface area contributed by atoms with E-state index in [1.807, 2.05) is 0 Å². The van der Waals surface area contributed by atoms with Gasteiger partial charge < -0.3 is 4.70 Å². The van der Waals surface area contributed by atoms with E-state index in [9.17, 15) is 0 Å². The van der Waals surface area contributed by atoms with Crippen molar-refractivity contribution in [3.05, 3.63) is 0 Å². The smallest absolute Gasteiger partial charge is 0.143 e. The van der Waals surface area contributed by atoms with Crippen molar-refractivity contribution in [2.75, 3.05) is 13.1 Å². The van der Waals surface area contributed by atoms with Crippen LogP contribution < -0.4 is 4.70 Å². The predicted octanol–water partition coefficient (Wildman–Crippen LogP) is -0.696. The lowest BCUT2D eigenvalue weighted by Crippen LogP contribution is -3.00. The second kappa shape index (κ2) is 6.15. The first-order chi connectivity index (χ1) is 5.36. The van der Waals surface area contributed by atoms with Gasteiger partial charge >= 0.3 is 0 Å². The van der Waals surface area contributed by atoms with Crippen LogP contribution in [-0.4, -0.2) is 23.9 Å². The van der Waals surface area contributed by atoms with E-state index in [0.29, 0.717) is 0 Å². The van der Waals surface area contributed by atoms with Crippen molar-refractivity contribution < 1.29 is 9.28 Å². The van der Waals surface area contributed by atoms with Crippen LogP contribution in [0.2, 0.25) is 0 Å². The molecule has 1 aliphatic rings. The summed E-state index contributed by atoms with van der Waals surface area (Å²) < 4.78 is 2.49. The van der Waals surface area contributed by atoms with Crippen LogP contribution in [0.15, 0.2) is 0 Å². The van der Waals surface area contributed by atoms with Crippen molar-refractivity contribution in [1.82, 2.24) is 0 Å². The number of hydrogen-bond acceptors (Lipinski definition) is 0. The lowest BCUT2D eigenvalue weighted by atomic mass is 10.0. The Bertz CT molecular complexity index is 143. The molecule has 1 nitrogen and oxygen atoms in total. The zero-order chi connectivity index (χ0) is 8.10. The predicted molar refractivity (Wildman–Crippen MR) is 49.4 cm³/mol. The Balaban J connectivity index is 0.00000121. The molecular formula is C10H20FN. The Labute approximate surface area is 74.9 Å². The van der Waals surface area contributed by atoms with Gasteiger partial charge in [-0.2, -0.15) is 0 Å². The van der Waals surface area contributed by atoms with E-state index in [4.69, 9.17) is 0 Å². The third-order valence-corrected chi connectivity index (χ3v) is 2.38. The lowest BCUT2D eigenvalue weighted by Gasteiger charge is -1.95. The third kappa shape index (κ3) is 3.33. The molecule has 0 amide bonds. The van der Waals surface area contributed by atoms with Crippen LogP contribution in [0.3, 0.4) is 0 Å². The summed E-state index contributed by atoms with van der Waals surface area (Å²) >= 11 is 0. The monoisotopic (exact) mass is 173 g/mol. The third-order valence-electron chi connectivity index (χ3n) is 2.38. The molecule has 1 aliphatic heterocycles. The molecule has 0 bridgehead atoms. The minimum Gasteiger partial charge on any atom is -1.00 e. The summed E-state index contributed by atoms with van der Waals surface area (Å²) in [4.78, 5) is 0. The average molecular weight is 173 g/mol. The van der Waals surface area contributed by atoms with E-state index >= 15 is 0 Å². The number of nitrogens with zero attached hydrogens (tertiary/aromatic N) is 1. The highest BCUT2D eigenvalue weighted by Gasteiger charge is 2.19. The maximum absolute atomic E-state index is 2.49. The van der Waals surface area contributed by atoms with Crippen molar-refractivity contribution in [3.63, 3.8) is 0 Å². The van der Waals surface area contributed by atoms with Crippen LogP contribution in [0, 0.1) is 5.92 Å². The van der Waals surface area contributed by atoms with E-state index < -0.39 is 0 Å². The molecule has 0 fully saturated rings. The Morgan fingerprint density at radius 3 is 2.67 bits per heavy atom. The minimum atomic E-state index is 0. The molecule has 0 aromatic rings. The molecule has 0 aliphatic carbocycles. The van der Waals surface area contributed by atoms with Crippen molar-refractivity contribution in [2.45, 2.75) is 39.5 Å². The van der Waals surface area contributed by atoms with Crippen molar-refractivity contribution in [3.8, 4) is 0 Å². The van der Waals surface area contributed by atoms with Gasteiger partial charge in [-0.25, -0.2) is 4.58 Å². The maximum Gasteiger partial charge on any atom is 0.143 e. The summed E-state index contributed by atoms with van der Waals surface area (Å²) in [6.07, 6.45) is 7.86. The van der Waals surface area contributed by atoms with Crippen molar-refractivity contribution >= 4 is 6.21 Å². The van der Waals surface area contributed by atoms with Gasteiger partial charge in [0.2, 0.25) is 0 Å². The maximum atomic E-state index is 2.49. The summed E-state index contributed by atoms with van der Waals surface area (Å²) in [5.74, 6) is 0.895. The van der Waals surface area contributed by atoms with Gasteiger partial charge in [0.15, 0.2) is 0 Å². The Hall–Kier alpha value is -0.400. The topological polar surface area (TPSA) is 3.01 Å².